The maximum atomic E-state index is 11.3. The zero-order chi connectivity index (χ0) is 13.4. The van der Waals surface area contributed by atoms with Crippen LogP contribution in [0, 0.1) is 0 Å². The van der Waals surface area contributed by atoms with Gasteiger partial charge >= 0.3 is 6.03 Å². The van der Waals surface area contributed by atoms with Crippen LogP contribution in [0.3, 0.4) is 0 Å². The van der Waals surface area contributed by atoms with E-state index in [1.165, 1.54) is 0 Å². The van der Waals surface area contributed by atoms with Crippen molar-refractivity contribution in [3.63, 3.8) is 0 Å². The molecule has 1 aliphatic rings. The second-order valence-corrected chi connectivity index (χ2v) is 4.13. The standard InChI is InChI=1S/C14H11N3O2/c1-19-9-4-2-8(3-5-9)12-10(15)6-7-11-13(12)17-14(18)16-11/h2-7H,15H2,1H3. The van der Waals surface area contributed by atoms with Crippen LogP contribution in [0.4, 0.5) is 10.5 Å². The molecule has 3 rings (SSSR count). The molecule has 5 heteroatoms. The van der Waals surface area contributed by atoms with E-state index in [1.807, 2.05) is 24.3 Å². The number of rotatable bonds is 2. The zero-order valence-electron chi connectivity index (χ0n) is 10.3. The average Bonchev–Trinajstić information content (AvgIpc) is 2.79. The summed E-state index contributed by atoms with van der Waals surface area (Å²) in [5, 5.41) is 1.10. The van der Waals surface area contributed by atoms with E-state index in [1.54, 1.807) is 19.2 Å². The minimum atomic E-state index is -0.490. The van der Waals surface area contributed by atoms with Crippen molar-refractivity contribution in [1.82, 2.24) is 0 Å². The highest BCUT2D eigenvalue weighted by molar-refractivity contribution is 5.82. The molecule has 2 aromatic rings. The number of nitrogens with two attached hydrogens (primary N) is 1. The van der Waals surface area contributed by atoms with Crippen molar-refractivity contribution in [2.75, 3.05) is 12.8 Å². The first kappa shape index (κ1) is 11.4. The molecular formula is C14H11N3O2. The topological polar surface area (TPSA) is 77.0 Å². The highest BCUT2D eigenvalue weighted by Gasteiger charge is 2.13. The SMILES string of the molecule is COc1ccc(-c2c(N)ccc3c2=NC(=O)N=3)cc1. The lowest BCUT2D eigenvalue weighted by atomic mass is 10.0. The molecule has 0 spiro atoms. The Morgan fingerprint density at radius 1 is 1.05 bits per heavy atom. The van der Waals surface area contributed by atoms with Gasteiger partial charge in [-0.15, -0.1) is 0 Å². The monoisotopic (exact) mass is 253 g/mol. The molecule has 19 heavy (non-hydrogen) atoms. The van der Waals surface area contributed by atoms with Crippen LogP contribution in [0.1, 0.15) is 0 Å². The van der Waals surface area contributed by atoms with Crippen LogP contribution in [0.5, 0.6) is 5.75 Å². The molecular weight excluding hydrogens is 242 g/mol. The number of methoxy groups -OCH3 is 1. The predicted octanol–water partition coefficient (Wildman–Crippen LogP) is 1.32. The third-order valence-corrected chi connectivity index (χ3v) is 2.99. The first-order chi connectivity index (χ1) is 9.19. The van der Waals surface area contributed by atoms with E-state index >= 15 is 0 Å². The second kappa shape index (κ2) is 4.20. The van der Waals surface area contributed by atoms with Crippen LogP contribution < -0.4 is 21.2 Å². The third-order valence-electron chi connectivity index (χ3n) is 2.99. The van der Waals surface area contributed by atoms with Crippen LogP contribution >= 0.6 is 0 Å². The van der Waals surface area contributed by atoms with E-state index in [-0.39, 0.29) is 0 Å². The summed E-state index contributed by atoms with van der Waals surface area (Å²) in [5.41, 5.74) is 8.17. The molecule has 1 aliphatic heterocycles. The van der Waals surface area contributed by atoms with Crippen molar-refractivity contribution >= 4 is 11.7 Å². The molecule has 0 aromatic heterocycles. The smallest absolute Gasteiger partial charge is 0.368 e. The van der Waals surface area contributed by atoms with Crippen molar-refractivity contribution < 1.29 is 9.53 Å². The molecule has 94 valence electrons. The van der Waals surface area contributed by atoms with Gasteiger partial charge in [0.25, 0.3) is 0 Å². The van der Waals surface area contributed by atoms with Crippen molar-refractivity contribution in [3.05, 3.63) is 47.1 Å². The summed E-state index contributed by atoms with van der Waals surface area (Å²) in [6, 6.07) is 10.4. The lowest BCUT2D eigenvalue weighted by Gasteiger charge is -2.06. The van der Waals surface area contributed by atoms with Crippen molar-refractivity contribution in [2.24, 2.45) is 9.98 Å². The highest BCUT2D eigenvalue weighted by atomic mass is 16.5. The van der Waals surface area contributed by atoms with E-state index in [9.17, 15) is 4.79 Å². The molecule has 5 nitrogen and oxygen atoms in total. The molecule has 0 radical (unpaired) electrons. The van der Waals surface area contributed by atoms with Gasteiger partial charge in [0.15, 0.2) is 0 Å². The van der Waals surface area contributed by atoms with Crippen LogP contribution in [-0.2, 0) is 0 Å². The number of anilines is 1. The number of ether oxygens (including phenoxy) is 1. The molecule has 2 aromatic carbocycles. The highest BCUT2D eigenvalue weighted by Crippen LogP contribution is 2.23. The number of carbonyl (C=O) groups excluding carboxylic acids is 1. The van der Waals surface area contributed by atoms with Crippen LogP contribution in [0.25, 0.3) is 11.1 Å². The van der Waals surface area contributed by atoms with Gasteiger partial charge in [0.1, 0.15) is 11.1 Å². The number of urea groups is 1. The summed E-state index contributed by atoms with van der Waals surface area (Å²) in [6.45, 7) is 0. The first-order valence-corrected chi connectivity index (χ1v) is 5.73. The summed E-state index contributed by atoms with van der Waals surface area (Å²) >= 11 is 0. The predicted molar refractivity (Wildman–Crippen MR) is 70.6 cm³/mol. The van der Waals surface area contributed by atoms with Crippen LogP contribution in [0.15, 0.2) is 46.4 Å². The number of amides is 2. The van der Waals surface area contributed by atoms with Gasteiger partial charge in [-0.2, -0.15) is 9.98 Å². The van der Waals surface area contributed by atoms with Crippen LogP contribution in [-0.4, -0.2) is 13.1 Å². The van der Waals surface area contributed by atoms with Crippen molar-refractivity contribution in [3.8, 4) is 16.9 Å². The Morgan fingerprint density at radius 2 is 1.79 bits per heavy atom. The Hall–Kier alpha value is -2.69. The molecule has 0 fully saturated rings. The van der Waals surface area contributed by atoms with Gasteiger partial charge in [-0.05, 0) is 29.8 Å². The van der Waals surface area contributed by atoms with Gasteiger partial charge in [-0.1, -0.05) is 12.1 Å². The Bertz CT molecular complexity index is 780. The fourth-order valence-corrected chi connectivity index (χ4v) is 2.08. The minimum absolute atomic E-state index is 0.490. The summed E-state index contributed by atoms with van der Waals surface area (Å²) in [6.07, 6.45) is 0. The number of nitrogen functional groups attached to an aromatic ring is 1. The molecule has 2 amide bonds. The average molecular weight is 253 g/mol. The Morgan fingerprint density at radius 3 is 2.47 bits per heavy atom. The van der Waals surface area contributed by atoms with Gasteiger partial charge in [0.05, 0.1) is 12.5 Å². The normalized spacial score (nSPS) is 12.6. The molecule has 0 atom stereocenters. The first-order valence-electron chi connectivity index (χ1n) is 5.73. The number of nitrogens with zero attached hydrogens (tertiary/aromatic N) is 2. The van der Waals surface area contributed by atoms with Gasteiger partial charge in [-0.3, -0.25) is 0 Å². The van der Waals surface area contributed by atoms with Crippen molar-refractivity contribution in [2.45, 2.75) is 0 Å². The summed E-state index contributed by atoms with van der Waals surface area (Å²) in [5.74, 6) is 0.757. The molecule has 0 bridgehead atoms. The molecule has 0 unspecified atom stereocenters. The zero-order valence-corrected chi connectivity index (χ0v) is 10.3. The summed E-state index contributed by atoms with van der Waals surface area (Å²) in [7, 11) is 1.61. The van der Waals surface area contributed by atoms with E-state index < -0.39 is 6.03 Å². The summed E-state index contributed by atoms with van der Waals surface area (Å²) < 4.78 is 5.12. The van der Waals surface area contributed by atoms with Crippen molar-refractivity contribution in [1.29, 1.82) is 0 Å². The largest absolute Gasteiger partial charge is 0.497 e. The number of fused-ring (bicyclic) bond motifs is 1. The number of hydrogen-bond donors (Lipinski definition) is 1. The number of carbonyl (C=O) groups is 1. The van der Waals surface area contributed by atoms with E-state index in [0.717, 1.165) is 16.9 Å². The van der Waals surface area contributed by atoms with Gasteiger partial charge in [-0.25, -0.2) is 4.79 Å². The summed E-state index contributed by atoms with van der Waals surface area (Å²) in [4.78, 5) is 19.0. The van der Waals surface area contributed by atoms with Crippen LogP contribution in [0.2, 0.25) is 0 Å². The lowest BCUT2D eigenvalue weighted by Crippen LogP contribution is -2.25. The molecule has 0 aliphatic carbocycles. The quantitative estimate of drug-likeness (QED) is 0.820. The second-order valence-electron chi connectivity index (χ2n) is 4.13. The van der Waals surface area contributed by atoms with Gasteiger partial charge < -0.3 is 10.5 Å². The molecule has 0 saturated carbocycles. The Kier molecular flexibility index (Phi) is 2.52. The fraction of sp³-hybridized carbons (Fsp3) is 0.0714. The maximum absolute atomic E-state index is 11.3. The van der Waals surface area contributed by atoms with E-state index in [2.05, 4.69) is 9.98 Å². The lowest BCUT2D eigenvalue weighted by molar-refractivity contribution is 0.256. The van der Waals surface area contributed by atoms with E-state index in [4.69, 9.17) is 10.5 Å². The molecule has 0 saturated heterocycles. The Balaban J connectivity index is 2.27. The third kappa shape index (κ3) is 1.85. The molecule has 2 N–H and O–H groups in total. The van der Waals surface area contributed by atoms with Gasteiger partial charge in [0.2, 0.25) is 0 Å². The fourth-order valence-electron chi connectivity index (χ4n) is 2.08. The number of benzene rings is 2. The van der Waals surface area contributed by atoms with E-state index in [0.29, 0.717) is 16.4 Å². The molecule has 1 heterocycles. The number of hydrogen-bond acceptors (Lipinski definition) is 3. The van der Waals surface area contributed by atoms with Gasteiger partial charge in [0, 0.05) is 11.3 Å². The Labute approximate surface area is 109 Å². The maximum Gasteiger partial charge on any atom is 0.368 e. The minimum Gasteiger partial charge on any atom is -0.497 e.